The molecule has 1 aromatic carbocycles. The van der Waals surface area contributed by atoms with E-state index in [-0.39, 0.29) is 13.2 Å². The number of ether oxygens (including phenoxy) is 2. The molecule has 2 rings (SSSR count). The van der Waals surface area contributed by atoms with Crippen molar-refractivity contribution in [2.45, 2.75) is 58.0 Å². The van der Waals surface area contributed by atoms with E-state index in [4.69, 9.17) is 9.47 Å². The summed E-state index contributed by atoms with van der Waals surface area (Å²) < 4.78 is 10.5. The van der Waals surface area contributed by atoms with Gasteiger partial charge in [-0.15, -0.1) is 0 Å². The first-order chi connectivity index (χ1) is 12.1. The molecule has 1 fully saturated rings. The number of hydrogen-bond donors (Lipinski definition) is 2. The van der Waals surface area contributed by atoms with Crippen molar-refractivity contribution in [2.75, 3.05) is 13.1 Å². The van der Waals surface area contributed by atoms with Crippen molar-refractivity contribution in [2.24, 2.45) is 0 Å². The van der Waals surface area contributed by atoms with Gasteiger partial charge in [0, 0.05) is 6.54 Å². The molecule has 1 saturated heterocycles. The van der Waals surface area contributed by atoms with Gasteiger partial charge in [-0.2, -0.15) is 0 Å². The summed E-state index contributed by atoms with van der Waals surface area (Å²) in [7, 11) is 0. The summed E-state index contributed by atoms with van der Waals surface area (Å²) in [5.41, 5.74) is -0.933. The highest BCUT2D eigenvalue weighted by Gasteiger charge is 2.44. The predicted molar refractivity (Wildman–Crippen MR) is 96.6 cm³/mol. The molecule has 0 spiro atoms. The van der Waals surface area contributed by atoms with E-state index in [0.29, 0.717) is 13.0 Å². The highest BCUT2D eigenvalue weighted by molar-refractivity contribution is 5.69. The van der Waals surface area contributed by atoms with Crippen molar-refractivity contribution >= 4 is 12.2 Å². The van der Waals surface area contributed by atoms with Gasteiger partial charge in [-0.1, -0.05) is 30.3 Å². The van der Waals surface area contributed by atoms with Crippen LogP contribution in [0.5, 0.6) is 0 Å². The van der Waals surface area contributed by atoms with Gasteiger partial charge in [0.25, 0.3) is 0 Å². The maximum Gasteiger partial charge on any atom is 0.410 e. The molecule has 1 aliphatic heterocycles. The first kappa shape index (κ1) is 20.0. The van der Waals surface area contributed by atoms with Crippen LogP contribution in [0.1, 0.15) is 39.7 Å². The van der Waals surface area contributed by atoms with Gasteiger partial charge >= 0.3 is 12.2 Å². The summed E-state index contributed by atoms with van der Waals surface area (Å²) in [6.07, 6.45) is -0.718. The summed E-state index contributed by atoms with van der Waals surface area (Å²) in [6.45, 7) is 7.70. The molecule has 1 aliphatic rings. The number of amides is 2. The number of benzene rings is 1. The Balaban J connectivity index is 1.83. The number of likely N-dealkylation sites (tertiary alicyclic amines) is 1. The van der Waals surface area contributed by atoms with Crippen LogP contribution in [0.25, 0.3) is 0 Å². The van der Waals surface area contributed by atoms with E-state index in [1.54, 1.807) is 27.7 Å². The highest BCUT2D eigenvalue weighted by atomic mass is 16.6. The number of aliphatic hydroxyl groups is 1. The van der Waals surface area contributed by atoms with Crippen LogP contribution in [0, 0.1) is 0 Å². The Labute approximate surface area is 154 Å². The van der Waals surface area contributed by atoms with Gasteiger partial charge in [0.05, 0.1) is 12.6 Å². The van der Waals surface area contributed by atoms with Gasteiger partial charge in [-0.25, -0.2) is 9.59 Å². The quantitative estimate of drug-likeness (QED) is 0.858. The van der Waals surface area contributed by atoms with E-state index in [2.05, 4.69) is 5.32 Å². The van der Waals surface area contributed by atoms with Crippen LogP contribution in [0.15, 0.2) is 30.3 Å². The Morgan fingerprint density at radius 2 is 1.96 bits per heavy atom. The average Bonchev–Trinajstić information content (AvgIpc) is 2.96. The maximum absolute atomic E-state index is 12.1. The molecule has 144 valence electrons. The zero-order valence-corrected chi connectivity index (χ0v) is 15.8. The molecular formula is C19H28N2O5. The number of carbonyl (C=O) groups excluding carboxylic acids is 2. The highest BCUT2D eigenvalue weighted by Crippen LogP contribution is 2.26. The fraction of sp³-hybridized carbons (Fsp3) is 0.579. The third-order valence-electron chi connectivity index (χ3n) is 4.28. The number of rotatable bonds is 4. The maximum atomic E-state index is 12.1. The zero-order chi connectivity index (χ0) is 19.4. The Morgan fingerprint density at radius 1 is 1.31 bits per heavy atom. The molecule has 7 nitrogen and oxygen atoms in total. The van der Waals surface area contributed by atoms with Crippen molar-refractivity contribution in [3.05, 3.63) is 35.9 Å². The number of alkyl carbamates (subject to hydrolysis) is 1. The number of carbonyl (C=O) groups is 2. The van der Waals surface area contributed by atoms with Crippen molar-refractivity contribution in [1.82, 2.24) is 10.2 Å². The number of β-amino-alcohol motifs (C(OH)–C–C–N with tert-alkyl or cyclic N) is 1. The van der Waals surface area contributed by atoms with Crippen LogP contribution >= 0.6 is 0 Å². The number of nitrogens with one attached hydrogen (secondary N) is 1. The second-order valence-electron chi connectivity index (χ2n) is 7.68. The van der Waals surface area contributed by atoms with Crippen LogP contribution in [-0.4, -0.2) is 52.5 Å². The Kier molecular flexibility index (Phi) is 6.13. The fourth-order valence-corrected chi connectivity index (χ4v) is 2.73. The van der Waals surface area contributed by atoms with Crippen LogP contribution < -0.4 is 5.32 Å². The lowest BCUT2D eigenvalue weighted by Gasteiger charge is -2.31. The molecule has 7 heteroatoms. The fourth-order valence-electron chi connectivity index (χ4n) is 2.73. The minimum absolute atomic E-state index is 0.0993. The van der Waals surface area contributed by atoms with Gasteiger partial charge in [-0.05, 0) is 39.7 Å². The molecule has 1 heterocycles. The van der Waals surface area contributed by atoms with E-state index in [1.165, 1.54) is 4.90 Å². The lowest BCUT2D eigenvalue weighted by Crippen LogP contribution is -2.53. The van der Waals surface area contributed by atoms with Crippen molar-refractivity contribution in [1.29, 1.82) is 0 Å². The van der Waals surface area contributed by atoms with Crippen molar-refractivity contribution in [3.63, 3.8) is 0 Å². The van der Waals surface area contributed by atoms with Gasteiger partial charge in [0.15, 0.2) is 0 Å². The zero-order valence-electron chi connectivity index (χ0n) is 15.8. The molecule has 0 bridgehead atoms. The molecule has 0 aliphatic carbocycles. The summed E-state index contributed by atoms with van der Waals surface area (Å²) >= 11 is 0. The van der Waals surface area contributed by atoms with E-state index >= 15 is 0 Å². The molecule has 26 heavy (non-hydrogen) atoms. The molecule has 1 aromatic rings. The Morgan fingerprint density at radius 3 is 2.58 bits per heavy atom. The minimum atomic E-state index is -1.22. The standard InChI is InChI=1S/C19H28N2O5/c1-14(20-16(22)25-12-15-8-6-5-7-9-15)19(24)10-11-21(13-19)17(23)26-18(2,3)4/h5-9,14,24H,10-13H2,1-4H3,(H,20,22). The van der Waals surface area contributed by atoms with E-state index in [9.17, 15) is 14.7 Å². The Hall–Kier alpha value is -2.28. The van der Waals surface area contributed by atoms with Crippen molar-refractivity contribution in [3.8, 4) is 0 Å². The Bertz CT molecular complexity index is 629. The molecule has 2 atom stereocenters. The molecule has 2 amide bonds. The topological polar surface area (TPSA) is 88.1 Å². The molecule has 2 N–H and O–H groups in total. The van der Waals surface area contributed by atoms with Gasteiger partial charge < -0.3 is 24.8 Å². The van der Waals surface area contributed by atoms with Crippen LogP contribution in [0.3, 0.4) is 0 Å². The van der Waals surface area contributed by atoms with Crippen LogP contribution in [-0.2, 0) is 16.1 Å². The average molecular weight is 364 g/mol. The van der Waals surface area contributed by atoms with Crippen molar-refractivity contribution < 1.29 is 24.2 Å². The summed E-state index contributed by atoms with van der Waals surface area (Å²) in [4.78, 5) is 25.6. The lowest BCUT2D eigenvalue weighted by atomic mass is 9.95. The first-order valence-electron chi connectivity index (χ1n) is 8.77. The molecular weight excluding hydrogens is 336 g/mol. The molecule has 0 aromatic heterocycles. The van der Waals surface area contributed by atoms with E-state index < -0.39 is 29.4 Å². The van der Waals surface area contributed by atoms with Crippen LogP contribution in [0.2, 0.25) is 0 Å². The summed E-state index contributed by atoms with van der Waals surface area (Å²) in [5.74, 6) is 0. The van der Waals surface area contributed by atoms with Gasteiger partial charge in [0.1, 0.15) is 17.8 Å². The third-order valence-corrected chi connectivity index (χ3v) is 4.28. The molecule has 0 saturated carbocycles. The normalized spacial score (nSPS) is 21.2. The first-order valence-corrected chi connectivity index (χ1v) is 8.77. The second kappa shape index (κ2) is 7.95. The van der Waals surface area contributed by atoms with E-state index in [0.717, 1.165) is 5.56 Å². The van der Waals surface area contributed by atoms with E-state index in [1.807, 2.05) is 30.3 Å². The summed E-state index contributed by atoms with van der Waals surface area (Å²) in [6, 6.07) is 8.77. The van der Waals surface area contributed by atoms with Crippen LogP contribution in [0.4, 0.5) is 9.59 Å². The third kappa shape index (κ3) is 5.62. The summed E-state index contributed by atoms with van der Waals surface area (Å²) in [5, 5.41) is 13.4. The number of hydrogen-bond acceptors (Lipinski definition) is 5. The SMILES string of the molecule is CC(NC(=O)OCc1ccccc1)C1(O)CCN(C(=O)OC(C)(C)C)C1. The smallest absolute Gasteiger partial charge is 0.410 e. The van der Waals surface area contributed by atoms with Gasteiger partial charge in [-0.3, -0.25) is 0 Å². The molecule has 0 radical (unpaired) electrons. The predicted octanol–water partition coefficient (Wildman–Crippen LogP) is 2.67. The molecule has 2 unspecified atom stereocenters. The number of nitrogens with zero attached hydrogens (tertiary/aromatic N) is 1. The monoisotopic (exact) mass is 364 g/mol. The largest absolute Gasteiger partial charge is 0.445 e. The second-order valence-corrected chi connectivity index (χ2v) is 7.68. The van der Waals surface area contributed by atoms with Gasteiger partial charge in [0.2, 0.25) is 0 Å². The minimum Gasteiger partial charge on any atom is -0.445 e. The lowest BCUT2D eigenvalue weighted by molar-refractivity contribution is 0.00150.